The van der Waals surface area contributed by atoms with Gasteiger partial charge in [0.15, 0.2) is 0 Å². The van der Waals surface area contributed by atoms with Gasteiger partial charge in [0.25, 0.3) is 0 Å². The number of rotatable bonds is 4. The van der Waals surface area contributed by atoms with Crippen LogP contribution in [0, 0.1) is 6.92 Å². The number of hydrogen-bond acceptors (Lipinski definition) is 4. The molecule has 0 aliphatic carbocycles. The van der Waals surface area contributed by atoms with Crippen LogP contribution in [-0.4, -0.2) is 42.0 Å². The average molecular weight is 348 g/mol. The molecular weight excluding hydrogens is 328 g/mol. The maximum absolute atomic E-state index is 13.0. The number of aryl methyl sites for hydroxylation is 1. The lowest BCUT2D eigenvalue weighted by Gasteiger charge is -2.32. The molecule has 0 saturated heterocycles. The molecule has 1 aliphatic heterocycles. The summed E-state index contributed by atoms with van der Waals surface area (Å²) in [5, 5.41) is 6.82. The number of hydrogen-bond donors (Lipinski definition) is 1. The minimum atomic E-state index is -3.62. The van der Waals surface area contributed by atoms with Crippen LogP contribution in [0.5, 0.6) is 0 Å². The molecule has 24 heavy (non-hydrogen) atoms. The van der Waals surface area contributed by atoms with E-state index in [-0.39, 0.29) is 36.4 Å². The highest BCUT2D eigenvalue weighted by Gasteiger charge is 2.34. The minimum absolute atomic E-state index is 0.142. The van der Waals surface area contributed by atoms with Crippen LogP contribution < -0.4 is 5.32 Å². The number of nitrogens with zero attached hydrogens (tertiary/aromatic N) is 3. The first-order valence-corrected chi connectivity index (χ1v) is 9.15. The molecule has 1 aliphatic rings. The molecule has 128 valence electrons. The van der Waals surface area contributed by atoms with E-state index in [0.29, 0.717) is 0 Å². The Hall–Kier alpha value is -2.19. The summed E-state index contributed by atoms with van der Waals surface area (Å²) >= 11 is 0. The van der Waals surface area contributed by atoms with Gasteiger partial charge >= 0.3 is 0 Å². The average Bonchev–Trinajstić information content (AvgIpc) is 3.03. The maximum Gasteiger partial charge on any atom is 0.243 e. The molecule has 1 aromatic carbocycles. The molecule has 2 heterocycles. The summed E-state index contributed by atoms with van der Waals surface area (Å²) in [6.07, 6.45) is 1.82. The fourth-order valence-electron chi connectivity index (χ4n) is 2.93. The minimum Gasteiger partial charge on any atom is -0.359 e. The van der Waals surface area contributed by atoms with E-state index in [2.05, 4.69) is 10.4 Å². The number of amides is 1. The molecule has 1 amide bonds. The fourth-order valence-corrected chi connectivity index (χ4v) is 4.48. The molecule has 8 heteroatoms. The lowest BCUT2D eigenvalue weighted by atomic mass is 10.1. The van der Waals surface area contributed by atoms with Crippen LogP contribution in [0.4, 0.5) is 0 Å². The quantitative estimate of drug-likeness (QED) is 0.896. The van der Waals surface area contributed by atoms with Crippen molar-refractivity contribution in [3.63, 3.8) is 0 Å². The molecule has 0 radical (unpaired) electrons. The van der Waals surface area contributed by atoms with Crippen molar-refractivity contribution < 1.29 is 13.2 Å². The first kappa shape index (κ1) is 16.7. The Morgan fingerprint density at radius 1 is 1.38 bits per heavy atom. The second-order valence-corrected chi connectivity index (χ2v) is 7.85. The maximum atomic E-state index is 13.0. The van der Waals surface area contributed by atoms with Crippen molar-refractivity contribution in [2.45, 2.75) is 30.8 Å². The van der Waals surface area contributed by atoms with Crippen molar-refractivity contribution in [3.05, 3.63) is 47.8 Å². The molecule has 0 fully saturated rings. The Morgan fingerprint density at radius 3 is 2.88 bits per heavy atom. The zero-order valence-corrected chi connectivity index (χ0v) is 14.5. The summed E-state index contributed by atoms with van der Waals surface area (Å²) < 4.78 is 29.1. The standard InChI is InChI=1S/C16H20N4O3S/c1-12-4-3-5-15(8-12)24(22,23)19-10-13-6-7-18-20(13)14(11-19)9-16(21)17-2/h3-8,14H,9-11H2,1-2H3,(H,17,21)/t14-/m0/s1. The van der Waals surface area contributed by atoms with Crippen molar-refractivity contribution in [2.75, 3.05) is 13.6 Å². The third-order valence-electron chi connectivity index (χ3n) is 4.18. The molecule has 0 spiro atoms. The van der Waals surface area contributed by atoms with E-state index in [1.165, 1.54) is 4.31 Å². The van der Waals surface area contributed by atoms with Crippen molar-refractivity contribution in [1.82, 2.24) is 19.4 Å². The largest absolute Gasteiger partial charge is 0.359 e. The fraction of sp³-hybridized carbons (Fsp3) is 0.375. The molecule has 1 N–H and O–H groups in total. The van der Waals surface area contributed by atoms with Gasteiger partial charge in [-0.1, -0.05) is 12.1 Å². The Balaban J connectivity index is 1.94. The first-order chi connectivity index (χ1) is 11.4. The number of carbonyl (C=O) groups is 1. The van der Waals surface area contributed by atoms with Gasteiger partial charge in [-0.15, -0.1) is 0 Å². The van der Waals surface area contributed by atoms with Gasteiger partial charge in [0.2, 0.25) is 15.9 Å². The lowest BCUT2D eigenvalue weighted by Crippen LogP contribution is -2.42. The van der Waals surface area contributed by atoms with Crippen LogP contribution >= 0.6 is 0 Å². The number of nitrogens with one attached hydrogen (secondary N) is 1. The Morgan fingerprint density at radius 2 is 2.17 bits per heavy atom. The van der Waals surface area contributed by atoms with Crippen LogP contribution in [0.25, 0.3) is 0 Å². The normalized spacial score (nSPS) is 18.2. The summed E-state index contributed by atoms with van der Waals surface area (Å²) in [5.41, 5.74) is 1.67. The van der Waals surface area contributed by atoms with Crippen molar-refractivity contribution in [2.24, 2.45) is 0 Å². The molecule has 7 nitrogen and oxygen atoms in total. The van der Waals surface area contributed by atoms with Crippen molar-refractivity contribution >= 4 is 15.9 Å². The zero-order valence-electron chi connectivity index (χ0n) is 13.6. The predicted octanol–water partition coefficient (Wildman–Crippen LogP) is 1.07. The number of sulfonamides is 1. The predicted molar refractivity (Wildman–Crippen MR) is 88.7 cm³/mol. The molecule has 2 aromatic rings. The topological polar surface area (TPSA) is 84.3 Å². The van der Waals surface area contributed by atoms with Gasteiger partial charge in [-0.05, 0) is 30.7 Å². The van der Waals surface area contributed by atoms with Gasteiger partial charge in [-0.25, -0.2) is 8.42 Å². The molecule has 0 unspecified atom stereocenters. The highest BCUT2D eigenvalue weighted by molar-refractivity contribution is 7.89. The summed E-state index contributed by atoms with van der Waals surface area (Å²) in [7, 11) is -2.05. The van der Waals surface area contributed by atoms with Gasteiger partial charge in [0.1, 0.15) is 0 Å². The van der Waals surface area contributed by atoms with E-state index >= 15 is 0 Å². The Bertz CT molecular complexity index is 860. The van der Waals surface area contributed by atoms with E-state index in [4.69, 9.17) is 0 Å². The molecule has 1 atom stereocenters. The van der Waals surface area contributed by atoms with Gasteiger partial charge in [0.05, 0.1) is 29.6 Å². The number of fused-ring (bicyclic) bond motifs is 1. The van der Waals surface area contributed by atoms with Crippen LogP contribution in [-0.2, 0) is 21.4 Å². The van der Waals surface area contributed by atoms with Gasteiger partial charge in [-0.3, -0.25) is 9.48 Å². The van der Waals surface area contributed by atoms with E-state index < -0.39 is 10.0 Å². The van der Waals surface area contributed by atoms with Gasteiger partial charge in [-0.2, -0.15) is 9.40 Å². The third kappa shape index (κ3) is 3.07. The van der Waals surface area contributed by atoms with Crippen LogP contribution in [0.2, 0.25) is 0 Å². The van der Waals surface area contributed by atoms with Crippen LogP contribution in [0.1, 0.15) is 23.7 Å². The number of carbonyl (C=O) groups excluding carboxylic acids is 1. The summed E-state index contributed by atoms with van der Waals surface area (Å²) in [5.74, 6) is -0.142. The Labute approximate surface area is 141 Å². The zero-order chi connectivity index (χ0) is 17.3. The lowest BCUT2D eigenvalue weighted by molar-refractivity contribution is -0.121. The third-order valence-corrected chi connectivity index (χ3v) is 5.99. The summed E-state index contributed by atoms with van der Waals surface area (Å²) in [4.78, 5) is 12.0. The number of aromatic nitrogens is 2. The monoisotopic (exact) mass is 348 g/mol. The molecular formula is C16H20N4O3S. The highest BCUT2D eigenvalue weighted by atomic mass is 32.2. The Kier molecular flexibility index (Phi) is 4.42. The second-order valence-electron chi connectivity index (χ2n) is 5.91. The molecule has 3 rings (SSSR count). The van der Waals surface area contributed by atoms with E-state index in [0.717, 1.165) is 11.3 Å². The summed E-state index contributed by atoms with van der Waals surface area (Å²) in [6, 6.07) is 8.33. The van der Waals surface area contributed by atoms with E-state index in [1.807, 2.05) is 13.0 Å². The SMILES string of the molecule is CNC(=O)C[C@H]1CN(S(=O)(=O)c2cccc(C)c2)Cc2ccnn21. The second kappa shape index (κ2) is 6.37. The number of benzene rings is 1. The van der Waals surface area contributed by atoms with E-state index in [9.17, 15) is 13.2 Å². The first-order valence-electron chi connectivity index (χ1n) is 7.71. The van der Waals surface area contributed by atoms with Crippen LogP contribution in [0.3, 0.4) is 0 Å². The molecule has 0 bridgehead atoms. The van der Waals surface area contributed by atoms with E-state index in [1.54, 1.807) is 42.2 Å². The van der Waals surface area contributed by atoms with Crippen molar-refractivity contribution in [1.29, 1.82) is 0 Å². The highest BCUT2D eigenvalue weighted by Crippen LogP contribution is 2.28. The molecule has 0 saturated carbocycles. The van der Waals surface area contributed by atoms with Crippen molar-refractivity contribution in [3.8, 4) is 0 Å². The van der Waals surface area contributed by atoms with Crippen LogP contribution in [0.15, 0.2) is 41.4 Å². The molecule has 1 aromatic heterocycles. The summed E-state index contributed by atoms with van der Waals surface area (Å²) in [6.45, 7) is 2.33. The van der Waals surface area contributed by atoms with Gasteiger partial charge < -0.3 is 5.32 Å². The van der Waals surface area contributed by atoms with Gasteiger partial charge in [0, 0.05) is 19.8 Å². The smallest absolute Gasteiger partial charge is 0.243 e.